The van der Waals surface area contributed by atoms with E-state index >= 15 is 0 Å². The number of nitrogens with two attached hydrogens (primary N) is 1. The number of amides is 1. The van der Waals surface area contributed by atoms with Crippen LogP contribution in [0.5, 0.6) is 0 Å². The van der Waals surface area contributed by atoms with Crippen molar-refractivity contribution in [2.75, 3.05) is 11.9 Å². The lowest BCUT2D eigenvalue weighted by Gasteiger charge is -2.03. The first kappa shape index (κ1) is 11.5. The van der Waals surface area contributed by atoms with Gasteiger partial charge in [-0.15, -0.1) is 0 Å². The van der Waals surface area contributed by atoms with Crippen LogP contribution in [0.3, 0.4) is 0 Å². The first-order chi connectivity index (χ1) is 8.11. The fraction of sp³-hybridized carbons (Fsp3) is 0.364. The molecule has 2 rings (SSSR count). The zero-order valence-electron chi connectivity index (χ0n) is 9.90. The Hall–Kier alpha value is -1.95. The highest BCUT2D eigenvalue weighted by molar-refractivity contribution is 5.93. The second-order valence-corrected chi connectivity index (χ2v) is 3.89. The Labute approximate surface area is 98.8 Å². The molecule has 0 spiro atoms. The molecular formula is C11H15N5O. The average molecular weight is 233 g/mol. The molecule has 0 saturated heterocycles. The minimum Gasteiger partial charge on any atom is -0.330 e. The average Bonchev–Trinajstić information content (AvgIpc) is 2.55. The number of fused-ring (bicyclic) bond motifs is 1. The molecule has 0 fully saturated rings. The van der Waals surface area contributed by atoms with Crippen molar-refractivity contribution in [1.82, 2.24) is 14.8 Å². The summed E-state index contributed by atoms with van der Waals surface area (Å²) in [5.41, 5.74) is 7.68. The van der Waals surface area contributed by atoms with Crippen molar-refractivity contribution in [2.24, 2.45) is 12.8 Å². The highest BCUT2D eigenvalue weighted by atomic mass is 16.1. The van der Waals surface area contributed by atoms with E-state index in [1.54, 1.807) is 10.9 Å². The minimum atomic E-state index is -0.102. The van der Waals surface area contributed by atoms with Crippen LogP contribution >= 0.6 is 0 Å². The van der Waals surface area contributed by atoms with Crippen molar-refractivity contribution in [3.05, 3.63) is 18.0 Å². The Bertz CT molecular complexity index is 560. The quantitative estimate of drug-likeness (QED) is 0.811. The van der Waals surface area contributed by atoms with Crippen LogP contribution in [0.25, 0.3) is 11.0 Å². The number of carbonyl (C=O) groups excluding carboxylic acids is 1. The maximum absolute atomic E-state index is 11.4. The molecule has 0 saturated carbocycles. The van der Waals surface area contributed by atoms with E-state index < -0.39 is 0 Å². The van der Waals surface area contributed by atoms with Crippen molar-refractivity contribution >= 4 is 22.6 Å². The van der Waals surface area contributed by atoms with Crippen LogP contribution in [0.1, 0.15) is 12.1 Å². The summed E-state index contributed by atoms with van der Waals surface area (Å²) < 4.78 is 1.72. The fourth-order valence-electron chi connectivity index (χ4n) is 1.73. The van der Waals surface area contributed by atoms with E-state index in [1.807, 2.05) is 20.0 Å². The van der Waals surface area contributed by atoms with Gasteiger partial charge in [-0.3, -0.25) is 9.48 Å². The van der Waals surface area contributed by atoms with Gasteiger partial charge in [0.15, 0.2) is 5.65 Å². The first-order valence-corrected chi connectivity index (χ1v) is 5.41. The third-order valence-corrected chi connectivity index (χ3v) is 2.52. The van der Waals surface area contributed by atoms with Gasteiger partial charge < -0.3 is 11.1 Å². The molecule has 2 aromatic rings. The van der Waals surface area contributed by atoms with Gasteiger partial charge in [0.2, 0.25) is 5.91 Å². The highest BCUT2D eigenvalue weighted by Gasteiger charge is 2.08. The number of pyridine rings is 1. The molecule has 90 valence electrons. The van der Waals surface area contributed by atoms with Crippen molar-refractivity contribution in [3.8, 4) is 0 Å². The molecule has 0 aliphatic carbocycles. The van der Waals surface area contributed by atoms with Crippen LogP contribution in [-0.2, 0) is 11.8 Å². The Kier molecular flexibility index (Phi) is 3.06. The molecule has 2 heterocycles. The highest BCUT2D eigenvalue weighted by Crippen LogP contribution is 2.19. The largest absolute Gasteiger partial charge is 0.330 e. The molecule has 6 nitrogen and oxygen atoms in total. The minimum absolute atomic E-state index is 0.102. The summed E-state index contributed by atoms with van der Waals surface area (Å²) in [7, 11) is 1.84. The number of hydrogen-bond donors (Lipinski definition) is 2. The van der Waals surface area contributed by atoms with Gasteiger partial charge in [-0.1, -0.05) is 0 Å². The number of aryl methyl sites for hydroxylation is 2. The number of aromatic nitrogens is 3. The van der Waals surface area contributed by atoms with Gasteiger partial charge in [-0.2, -0.15) is 5.10 Å². The van der Waals surface area contributed by atoms with E-state index in [2.05, 4.69) is 15.4 Å². The summed E-state index contributed by atoms with van der Waals surface area (Å²) in [5.74, 6) is -0.102. The molecule has 3 N–H and O–H groups in total. The molecule has 0 bridgehead atoms. The van der Waals surface area contributed by atoms with Crippen LogP contribution in [0.15, 0.2) is 12.3 Å². The third kappa shape index (κ3) is 2.26. The summed E-state index contributed by atoms with van der Waals surface area (Å²) in [6.07, 6.45) is 1.93. The Morgan fingerprint density at radius 2 is 2.35 bits per heavy atom. The summed E-state index contributed by atoms with van der Waals surface area (Å²) >= 11 is 0. The molecule has 6 heteroatoms. The van der Waals surface area contributed by atoms with Crippen molar-refractivity contribution in [1.29, 1.82) is 0 Å². The molecule has 2 aromatic heterocycles. The normalized spacial score (nSPS) is 10.8. The second-order valence-electron chi connectivity index (χ2n) is 3.89. The van der Waals surface area contributed by atoms with E-state index in [9.17, 15) is 4.79 Å². The van der Waals surface area contributed by atoms with Crippen molar-refractivity contribution in [3.63, 3.8) is 0 Å². The summed E-state index contributed by atoms with van der Waals surface area (Å²) in [6, 6.07) is 1.87. The molecule has 0 unspecified atom stereocenters. The molecule has 1 amide bonds. The lowest BCUT2D eigenvalue weighted by Crippen LogP contribution is -2.16. The molecule has 0 aliphatic rings. The lowest BCUT2D eigenvalue weighted by atomic mass is 10.2. The van der Waals surface area contributed by atoms with Crippen LogP contribution in [0.4, 0.5) is 5.69 Å². The van der Waals surface area contributed by atoms with E-state index in [0.717, 1.165) is 16.7 Å². The molecule has 0 aromatic carbocycles. The zero-order valence-corrected chi connectivity index (χ0v) is 9.90. The van der Waals surface area contributed by atoms with Crippen LogP contribution < -0.4 is 11.1 Å². The molecule has 0 aliphatic heterocycles. The van der Waals surface area contributed by atoms with E-state index in [4.69, 9.17) is 5.73 Å². The van der Waals surface area contributed by atoms with Gasteiger partial charge in [0.05, 0.1) is 17.6 Å². The standard InChI is InChI=1S/C11H15N5O/c1-7-9-5-8(14-10(17)3-4-12)6-13-11(9)16(2)15-7/h5-6H,3-4,12H2,1-2H3,(H,14,17). The Morgan fingerprint density at radius 3 is 3.06 bits per heavy atom. The monoisotopic (exact) mass is 233 g/mol. The van der Waals surface area contributed by atoms with E-state index in [0.29, 0.717) is 18.7 Å². The molecule has 17 heavy (non-hydrogen) atoms. The topological polar surface area (TPSA) is 85.8 Å². The van der Waals surface area contributed by atoms with Gasteiger partial charge in [-0.05, 0) is 13.0 Å². The van der Waals surface area contributed by atoms with E-state index in [1.165, 1.54) is 0 Å². The van der Waals surface area contributed by atoms with Gasteiger partial charge in [0.25, 0.3) is 0 Å². The fourth-order valence-corrected chi connectivity index (χ4v) is 1.73. The van der Waals surface area contributed by atoms with Crippen molar-refractivity contribution < 1.29 is 4.79 Å². The summed E-state index contributed by atoms with van der Waals surface area (Å²) in [4.78, 5) is 15.7. The third-order valence-electron chi connectivity index (χ3n) is 2.52. The number of anilines is 1. The smallest absolute Gasteiger partial charge is 0.225 e. The maximum atomic E-state index is 11.4. The Balaban J connectivity index is 2.31. The molecule has 0 radical (unpaired) electrons. The predicted octanol–water partition coefficient (Wildman–Crippen LogP) is 0.564. The van der Waals surface area contributed by atoms with Gasteiger partial charge >= 0.3 is 0 Å². The maximum Gasteiger partial charge on any atom is 0.225 e. The Morgan fingerprint density at radius 1 is 1.59 bits per heavy atom. The summed E-state index contributed by atoms with van der Waals surface area (Å²) in [6.45, 7) is 2.25. The van der Waals surface area contributed by atoms with Crippen LogP contribution in [0.2, 0.25) is 0 Å². The van der Waals surface area contributed by atoms with Gasteiger partial charge in [0.1, 0.15) is 0 Å². The zero-order chi connectivity index (χ0) is 12.4. The SMILES string of the molecule is Cc1nn(C)c2ncc(NC(=O)CCN)cc12. The van der Waals surface area contributed by atoms with Crippen LogP contribution in [-0.4, -0.2) is 27.2 Å². The molecule has 0 atom stereocenters. The number of hydrogen-bond acceptors (Lipinski definition) is 4. The molecular weight excluding hydrogens is 218 g/mol. The summed E-state index contributed by atoms with van der Waals surface area (Å²) in [5, 5.41) is 7.96. The van der Waals surface area contributed by atoms with Gasteiger partial charge in [0, 0.05) is 25.4 Å². The predicted molar refractivity (Wildman–Crippen MR) is 65.5 cm³/mol. The van der Waals surface area contributed by atoms with Gasteiger partial charge in [-0.25, -0.2) is 4.98 Å². The van der Waals surface area contributed by atoms with E-state index in [-0.39, 0.29) is 5.91 Å². The number of rotatable bonds is 3. The van der Waals surface area contributed by atoms with Crippen molar-refractivity contribution in [2.45, 2.75) is 13.3 Å². The van der Waals surface area contributed by atoms with Crippen LogP contribution in [0, 0.1) is 6.92 Å². The first-order valence-electron chi connectivity index (χ1n) is 5.41. The lowest BCUT2D eigenvalue weighted by molar-refractivity contribution is -0.116. The number of nitrogens with one attached hydrogen (secondary N) is 1. The second kappa shape index (κ2) is 4.50. The number of nitrogens with zero attached hydrogens (tertiary/aromatic N) is 3. The number of carbonyl (C=O) groups is 1.